The zero-order chi connectivity index (χ0) is 13.9. The van der Waals surface area contributed by atoms with E-state index in [1.54, 1.807) is 33.8 Å². The van der Waals surface area contributed by atoms with Gasteiger partial charge in [-0.3, -0.25) is 0 Å². The van der Waals surface area contributed by atoms with Gasteiger partial charge in [-0.15, -0.1) is 0 Å². The van der Waals surface area contributed by atoms with Crippen LogP contribution in [0.2, 0.25) is 0 Å². The normalized spacial score (nSPS) is 12.6. The number of rotatable bonds is 2. The maximum atomic E-state index is 11.5. The molecule has 0 fully saturated rings. The van der Waals surface area contributed by atoms with E-state index in [1.807, 2.05) is 0 Å². The molecule has 0 bridgehead atoms. The number of oxazole rings is 1. The Morgan fingerprint density at radius 2 is 2.22 bits per heavy atom. The third-order valence-corrected chi connectivity index (χ3v) is 1.88. The Bertz CT molecular complexity index is 481. The van der Waals surface area contributed by atoms with Gasteiger partial charge in [0.05, 0.1) is 0 Å². The van der Waals surface area contributed by atoms with Crippen molar-refractivity contribution in [2.75, 3.05) is 5.73 Å². The Labute approximate surface area is 105 Å². The van der Waals surface area contributed by atoms with Gasteiger partial charge in [0.15, 0.2) is 0 Å². The van der Waals surface area contributed by atoms with Crippen molar-refractivity contribution >= 4 is 12.0 Å². The van der Waals surface area contributed by atoms with Gasteiger partial charge in [0, 0.05) is 0 Å². The fourth-order valence-corrected chi connectivity index (χ4v) is 1.16. The number of nitrogen functional groups attached to an aromatic ring is 1. The highest BCUT2D eigenvalue weighted by atomic mass is 16.6. The first-order chi connectivity index (χ1) is 8.23. The number of nitrogens with zero attached hydrogens (tertiary/aromatic N) is 2. The highest BCUT2D eigenvalue weighted by Gasteiger charge is 2.21. The minimum Gasteiger partial charge on any atom is -0.444 e. The Balaban J connectivity index is 2.68. The average Bonchev–Trinajstić information content (AvgIpc) is 2.56. The predicted octanol–water partition coefficient (Wildman–Crippen LogP) is 1.71. The lowest BCUT2D eigenvalue weighted by molar-refractivity contribution is 0.0501. The van der Waals surface area contributed by atoms with Gasteiger partial charge in [0.2, 0.25) is 17.5 Å². The molecule has 7 heteroatoms. The van der Waals surface area contributed by atoms with Crippen LogP contribution in [0.25, 0.3) is 0 Å². The minimum atomic E-state index is -0.592. The van der Waals surface area contributed by atoms with Gasteiger partial charge in [0.25, 0.3) is 0 Å². The van der Waals surface area contributed by atoms with E-state index in [9.17, 15) is 4.79 Å². The summed E-state index contributed by atoms with van der Waals surface area (Å²) < 4.78 is 10.1. The molecule has 0 aromatic carbocycles. The third kappa shape index (κ3) is 3.66. The van der Waals surface area contributed by atoms with Gasteiger partial charge in [-0.05, 0) is 27.7 Å². The average molecular weight is 252 g/mol. The second kappa shape index (κ2) is 4.96. The number of alkyl carbamates (subject to hydrolysis) is 1. The zero-order valence-corrected chi connectivity index (χ0v) is 10.8. The van der Waals surface area contributed by atoms with E-state index in [1.165, 1.54) is 0 Å². The van der Waals surface area contributed by atoms with E-state index in [4.69, 9.17) is 20.1 Å². The number of hydrogen-bond acceptors (Lipinski definition) is 6. The summed E-state index contributed by atoms with van der Waals surface area (Å²) >= 11 is 0. The molecule has 1 amide bonds. The lowest BCUT2D eigenvalue weighted by atomic mass is 10.2. The molecule has 1 aromatic rings. The van der Waals surface area contributed by atoms with E-state index in [0.717, 1.165) is 0 Å². The molecule has 98 valence electrons. The molecule has 0 aliphatic heterocycles. The summed E-state index contributed by atoms with van der Waals surface area (Å²) in [4.78, 5) is 15.4. The summed E-state index contributed by atoms with van der Waals surface area (Å²) in [5.41, 5.74) is 4.84. The Morgan fingerprint density at radius 1 is 1.61 bits per heavy atom. The number of aromatic nitrogens is 1. The van der Waals surface area contributed by atoms with Crippen LogP contribution in [0, 0.1) is 11.3 Å². The van der Waals surface area contributed by atoms with Crippen LogP contribution in [0.15, 0.2) is 4.42 Å². The van der Waals surface area contributed by atoms with E-state index in [0.29, 0.717) is 0 Å². The largest absolute Gasteiger partial charge is 0.444 e. The number of nitrogens with one attached hydrogen (secondary N) is 1. The molecule has 1 unspecified atom stereocenters. The quantitative estimate of drug-likeness (QED) is 0.828. The zero-order valence-electron chi connectivity index (χ0n) is 10.8. The van der Waals surface area contributed by atoms with Crippen molar-refractivity contribution in [1.29, 1.82) is 5.26 Å². The number of ether oxygens (including phenoxy) is 1. The van der Waals surface area contributed by atoms with Crippen molar-refractivity contribution in [3.8, 4) is 6.07 Å². The molecule has 1 atom stereocenters. The lowest BCUT2D eigenvalue weighted by Gasteiger charge is -2.20. The van der Waals surface area contributed by atoms with E-state index in [-0.39, 0.29) is 17.5 Å². The summed E-state index contributed by atoms with van der Waals surface area (Å²) in [6.07, 6.45) is -0.592. The molecule has 0 spiro atoms. The maximum Gasteiger partial charge on any atom is 0.408 e. The van der Waals surface area contributed by atoms with Crippen molar-refractivity contribution in [2.45, 2.75) is 39.3 Å². The van der Waals surface area contributed by atoms with Crippen molar-refractivity contribution < 1.29 is 13.9 Å². The van der Waals surface area contributed by atoms with Gasteiger partial charge >= 0.3 is 6.09 Å². The molecular formula is C11H16N4O3. The Kier molecular flexibility index (Phi) is 3.81. The van der Waals surface area contributed by atoms with Crippen molar-refractivity contribution in [2.24, 2.45) is 0 Å². The van der Waals surface area contributed by atoms with Gasteiger partial charge < -0.3 is 20.2 Å². The van der Waals surface area contributed by atoms with E-state index < -0.39 is 17.7 Å². The smallest absolute Gasteiger partial charge is 0.408 e. The first kappa shape index (κ1) is 13.8. The minimum absolute atomic E-state index is 0.00263. The molecule has 0 aliphatic carbocycles. The standard InChI is InChI=1S/C11H16N4O3/c1-6(14-10(16)18-11(2,3)4)9-15-7(5-12)8(13)17-9/h6H,13H2,1-4H3,(H,14,16). The molecule has 18 heavy (non-hydrogen) atoms. The summed E-state index contributed by atoms with van der Waals surface area (Å²) in [6.45, 7) is 6.92. The van der Waals surface area contributed by atoms with Crippen LogP contribution in [-0.2, 0) is 4.74 Å². The molecule has 0 saturated carbocycles. The van der Waals surface area contributed by atoms with Crippen LogP contribution >= 0.6 is 0 Å². The third-order valence-electron chi connectivity index (χ3n) is 1.88. The topological polar surface area (TPSA) is 114 Å². The van der Waals surface area contributed by atoms with Gasteiger partial charge in [-0.1, -0.05) is 0 Å². The first-order valence-corrected chi connectivity index (χ1v) is 5.38. The molecule has 0 aliphatic rings. The molecule has 1 heterocycles. The molecule has 7 nitrogen and oxygen atoms in total. The molecule has 0 saturated heterocycles. The monoisotopic (exact) mass is 252 g/mol. The summed E-state index contributed by atoms with van der Waals surface area (Å²) in [5, 5.41) is 11.2. The van der Waals surface area contributed by atoms with Crippen LogP contribution in [0.4, 0.5) is 10.7 Å². The Hall–Kier alpha value is -2.23. The summed E-state index contributed by atoms with van der Waals surface area (Å²) in [7, 11) is 0. The SMILES string of the molecule is CC(NC(=O)OC(C)(C)C)c1nc(C#N)c(N)o1. The number of hydrogen-bond donors (Lipinski definition) is 2. The van der Waals surface area contributed by atoms with Gasteiger partial charge in [0.1, 0.15) is 17.7 Å². The number of carbonyl (C=O) groups excluding carboxylic acids is 1. The van der Waals surface area contributed by atoms with Crippen molar-refractivity contribution in [3.63, 3.8) is 0 Å². The predicted molar refractivity (Wildman–Crippen MR) is 63.4 cm³/mol. The second-order valence-electron chi connectivity index (χ2n) is 4.74. The van der Waals surface area contributed by atoms with Crippen LogP contribution in [0.1, 0.15) is 45.3 Å². The van der Waals surface area contributed by atoms with Crippen LogP contribution in [-0.4, -0.2) is 16.7 Å². The number of nitriles is 1. The van der Waals surface area contributed by atoms with Crippen molar-refractivity contribution in [1.82, 2.24) is 10.3 Å². The van der Waals surface area contributed by atoms with Crippen LogP contribution in [0.3, 0.4) is 0 Å². The first-order valence-electron chi connectivity index (χ1n) is 5.38. The number of amides is 1. The van der Waals surface area contributed by atoms with Crippen LogP contribution in [0.5, 0.6) is 0 Å². The molecule has 0 radical (unpaired) electrons. The second-order valence-corrected chi connectivity index (χ2v) is 4.74. The van der Waals surface area contributed by atoms with E-state index >= 15 is 0 Å². The molecule has 3 N–H and O–H groups in total. The fraction of sp³-hybridized carbons (Fsp3) is 0.545. The fourth-order valence-electron chi connectivity index (χ4n) is 1.16. The highest BCUT2D eigenvalue weighted by molar-refractivity contribution is 5.68. The lowest BCUT2D eigenvalue weighted by Crippen LogP contribution is -2.34. The van der Waals surface area contributed by atoms with Crippen molar-refractivity contribution in [3.05, 3.63) is 11.6 Å². The highest BCUT2D eigenvalue weighted by Crippen LogP contribution is 2.18. The number of carbonyl (C=O) groups is 1. The number of nitrogens with two attached hydrogens (primary N) is 1. The summed E-state index contributed by atoms with van der Waals surface area (Å²) in [5.74, 6) is 0.0975. The summed E-state index contributed by atoms with van der Waals surface area (Å²) in [6, 6.07) is 1.25. The van der Waals surface area contributed by atoms with Gasteiger partial charge in [-0.2, -0.15) is 10.2 Å². The molecular weight excluding hydrogens is 236 g/mol. The maximum absolute atomic E-state index is 11.5. The molecule has 1 rings (SSSR count). The van der Waals surface area contributed by atoms with Gasteiger partial charge in [-0.25, -0.2) is 4.79 Å². The Morgan fingerprint density at radius 3 is 2.67 bits per heavy atom. The van der Waals surface area contributed by atoms with E-state index in [2.05, 4.69) is 10.3 Å². The number of anilines is 1. The van der Waals surface area contributed by atoms with Crippen LogP contribution < -0.4 is 11.1 Å². The molecule has 1 aromatic heterocycles.